The number of nitrogens with zero attached hydrogens (tertiary/aromatic N) is 1. The van der Waals surface area contributed by atoms with Gasteiger partial charge in [-0.25, -0.2) is 17.1 Å². The Bertz CT molecular complexity index is 1020. The Morgan fingerprint density at radius 3 is 2.60 bits per heavy atom. The van der Waals surface area contributed by atoms with Crippen molar-refractivity contribution >= 4 is 33.2 Å². The molecule has 0 saturated carbocycles. The zero-order valence-corrected chi connectivity index (χ0v) is 18.4. The Labute approximate surface area is 181 Å². The summed E-state index contributed by atoms with van der Waals surface area (Å²) in [5.41, 5.74) is 1.54. The zero-order chi connectivity index (χ0) is 21.9. The van der Waals surface area contributed by atoms with Crippen LogP contribution in [0.1, 0.15) is 24.0 Å². The minimum Gasteiger partial charge on any atom is -0.495 e. The fraction of sp³-hybridized carbons (Fsp3) is 0.381. The van der Waals surface area contributed by atoms with Gasteiger partial charge >= 0.3 is 0 Å². The van der Waals surface area contributed by atoms with Crippen LogP contribution < -0.4 is 10.1 Å². The number of aryl methyl sites for hydroxylation is 1. The number of methoxy groups -OCH3 is 1. The standard InChI is InChI=1S/C21H24ClFN2O4S/c1-14-6-7-20(29-2)19(12-14)24-21(26)15-8-10-25(11-9-15)30(27,28)13-16-17(22)4-3-5-18(16)23/h3-7,12,15H,8-11,13H2,1-2H3,(H,24,26). The molecule has 30 heavy (non-hydrogen) atoms. The van der Waals surface area contributed by atoms with Gasteiger partial charge in [-0.1, -0.05) is 23.7 Å². The summed E-state index contributed by atoms with van der Waals surface area (Å²) in [6.45, 7) is 2.30. The third-order valence-electron chi connectivity index (χ3n) is 5.22. The number of rotatable bonds is 6. The molecule has 1 amide bonds. The van der Waals surface area contributed by atoms with Gasteiger partial charge in [0.2, 0.25) is 15.9 Å². The van der Waals surface area contributed by atoms with Gasteiger partial charge in [-0.15, -0.1) is 0 Å². The van der Waals surface area contributed by atoms with Crippen LogP contribution in [0.15, 0.2) is 36.4 Å². The van der Waals surface area contributed by atoms with Gasteiger partial charge in [0, 0.05) is 29.6 Å². The number of nitrogens with one attached hydrogen (secondary N) is 1. The van der Waals surface area contributed by atoms with Crippen LogP contribution in [-0.2, 0) is 20.6 Å². The molecule has 1 fully saturated rings. The molecule has 0 unspecified atom stereocenters. The van der Waals surface area contributed by atoms with Gasteiger partial charge in [0.05, 0.1) is 18.6 Å². The first-order valence-electron chi connectivity index (χ1n) is 9.57. The molecule has 0 aliphatic carbocycles. The summed E-state index contributed by atoms with van der Waals surface area (Å²) < 4.78 is 46.0. The molecule has 6 nitrogen and oxygen atoms in total. The molecule has 1 heterocycles. The zero-order valence-electron chi connectivity index (χ0n) is 16.8. The van der Waals surface area contributed by atoms with E-state index < -0.39 is 21.6 Å². The number of piperidine rings is 1. The van der Waals surface area contributed by atoms with Crippen molar-refractivity contribution in [2.45, 2.75) is 25.5 Å². The summed E-state index contributed by atoms with van der Waals surface area (Å²) in [5.74, 6) is -1.08. The molecule has 2 aromatic rings. The van der Waals surface area contributed by atoms with Crippen LogP contribution in [0.5, 0.6) is 5.75 Å². The summed E-state index contributed by atoms with van der Waals surface area (Å²) in [5, 5.41) is 2.96. The molecule has 162 valence electrons. The molecule has 3 rings (SSSR count). The second-order valence-electron chi connectivity index (χ2n) is 7.32. The third-order valence-corrected chi connectivity index (χ3v) is 7.38. The van der Waals surface area contributed by atoms with E-state index in [1.165, 1.54) is 29.6 Å². The lowest BCUT2D eigenvalue weighted by Gasteiger charge is -2.30. The lowest BCUT2D eigenvalue weighted by Crippen LogP contribution is -2.42. The van der Waals surface area contributed by atoms with Crippen molar-refractivity contribution in [2.24, 2.45) is 5.92 Å². The van der Waals surface area contributed by atoms with E-state index in [1.54, 1.807) is 6.07 Å². The van der Waals surface area contributed by atoms with E-state index >= 15 is 0 Å². The van der Waals surface area contributed by atoms with E-state index in [1.807, 2.05) is 19.1 Å². The van der Waals surface area contributed by atoms with Crippen LogP contribution in [-0.4, -0.2) is 38.8 Å². The number of anilines is 1. The topological polar surface area (TPSA) is 75.7 Å². The molecular formula is C21H24ClFN2O4S. The molecule has 1 aliphatic heterocycles. The normalized spacial score (nSPS) is 15.7. The van der Waals surface area contributed by atoms with Crippen molar-refractivity contribution in [3.05, 3.63) is 58.4 Å². The lowest BCUT2D eigenvalue weighted by atomic mass is 9.97. The van der Waals surface area contributed by atoms with Gasteiger partial charge in [-0.05, 0) is 49.6 Å². The summed E-state index contributed by atoms with van der Waals surface area (Å²) in [6, 6.07) is 9.59. The van der Waals surface area contributed by atoms with Gasteiger partial charge in [-0.2, -0.15) is 0 Å². The highest BCUT2D eigenvalue weighted by atomic mass is 35.5. The van der Waals surface area contributed by atoms with E-state index in [0.717, 1.165) is 5.56 Å². The number of amides is 1. The molecule has 0 aromatic heterocycles. The van der Waals surface area contributed by atoms with Gasteiger partial charge in [0.15, 0.2) is 0 Å². The number of carbonyl (C=O) groups excluding carboxylic acids is 1. The van der Waals surface area contributed by atoms with E-state index in [-0.39, 0.29) is 35.5 Å². The first-order chi connectivity index (χ1) is 14.2. The van der Waals surface area contributed by atoms with Crippen molar-refractivity contribution in [3.8, 4) is 5.75 Å². The van der Waals surface area contributed by atoms with Crippen LogP contribution in [0.25, 0.3) is 0 Å². The quantitative estimate of drug-likeness (QED) is 0.716. The van der Waals surface area contributed by atoms with Crippen LogP contribution in [0, 0.1) is 18.7 Å². The Morgan fingerprint density at radius 2 is 1.97 bits per heavy atom. The van der Waals surface area contributed by atoms with E-state index in [2.05, 4.69) is 5.32 Å². The second-order valence-corrected chi connectivity index (χ2v) is 9.70. The van der Waals surface area contributed by atoms with Crippen LogP contribution in [0.3, 0.4) is 0 Å². The van der Waals surface area contributed by atoms with Crippen molar-refractivity contribution in [3.63, 3.8) is 0 Å². The Hall–Kier alpha value is -2.16. The Balaban J connectivity index is 1.63. The molecule has 1 N–H and O–H groups in total. The number of hydrogen-bond donors (Lipinski definition) is 1. The largest absolute Gasteiger partial charge is 0.495 e. The van der Waals surface area contributed by atoms with Crippen molar-refractivity contribution in [2.75, 3.05) is 25.5 Å². The summed E-state index contributed by atoms with van der Waals surface area (Å²) in [7, 11) is -2.22. The minimum atomic E-state index is -3.75. The van der Waals surface area contributed by atoms with Gasteiger partial charge in [0.1, 0.15) is 11.6 Å². The number of benzene rings is 2. The molecule has 0 spiro atoms. The smallest absolute Gasteiger partial charge is 0.227 e. The van der Waals surface area contributed by atoms with Gasteiger partial charge < -0.3 is 10.1 Å². The number of carbonyl (C=O) groups is 1. The maximum atomic E-state index is 14.0. The molecule has 9 heteroatoms. The average Bonchev–Trinajstić information content (AvgIpc) is 2.71. The monoisotopic (exact) mass is 454 g/mol. The van der Waals surface area contributed by atoms with E-state index in [0.29, 0.717) is 24.3 Å². The minimum absolute atomic E-state index is 0.0365. The lowest BCUT2D eigenvalue weighted by molar-refractivity contribution is -0.120. The molecule has 1 aliphatic rings. The highest BCUT2D eigenvalue weighted by Gasteiger charge is 2.32. The molecule has 2 aromatic carbocycles. The predicted molar refractivity (Wildman–Crippen MR) is 115 cm³/mol. The third kappa shape index (κ3) is 5.11. The van der Waals surface area contributed by atoms with Crippen molar-refractivity contribution < 1.29 is 22.3 Å². The molecule has 0 atom stereocenters. The maximum absolute atomic E-state index is 14.0. The molecule has 0 bridgehead atoms. The van der Waals surface area contributed by atoms with Crippen LogP contribution in [0.2, 0.25) is 5.02 Å². The maximum Gasteiger partial charge on any atom is 0.227 e. The van der Waals surface area contributed by atoms with E-state index in [4.69, 9.17) is 16.3 Å². The summed E-state index contributed by atoms with van der Waals surface area (Å²) in [4.78, 5) is 12.7. The van der Waals surface area contributed by atoms with E-state index in [9.17, 15) is 17.6 Å². The Morgan fingerprint density at radius 1 is 1.27 bits per heavy atom. The van der Waals surface area contributed by atoms with Crippen molar-refractivity contribution in [1.82, 2.24) is 4.31 Å². The average molecular weight is 455 g/mol. The SMILES string of the molecule is COc1ccc(C)cc1NC(=O)C1CCN(S(=O)(=O)Cc2c(F)cccc2Cl)CC1. The second kappa shape index (κ2) is 9.32. The summed E-state index contributed by atoms with van der Waals surface area (Å²) >= 11 is 5.97. The van der Waals surface area contributed by atoms with Gasteiger partial charge in [0.25, 0.3) is 0 Å². The number of ether oxygens (including phenoxy) is 1. The number of sulfonamides is 1. The number of hydrogen-bond acceptors (Lipinski definition) is 4. The van der Waals surface area contributed by atoms with Crippen LogP contribution in [0.4, 0.5) is 10.1 Å². The van der Waals surface area contributed by atoms with Crippen LogP contribution >= 0.6 is 11.6 Å². The van der Waals surface area contributed by atoms with Crippen molar-refractivity contribution in [1.29, 1.82) is 0 Å². The molecule has 0 radical (unpaired) electrons. The molecular weight excluding hydrogens is 431 g/mol. The first-order valence-corrected chi connectivity index (χ1v) is 11.6. The Kier molecular flexibility index (Phi) is 7.00. The molecule has 1 saturated heterocycles. The number of halogens is 2. The first kappa shape index (κ1) is 22.5. The van der Waals surface area contributed by atoms with Gasteiger partial charge in [-0.3, -0.25) is 4.79 Å². The highest BCUT2D eigenvalue weighted by molar-refractivity contribution is 7.88. The highest BCUT2D eigenvalue weighted by Crippen LogP contribution is 2.29. The predicted octanol–water partition coefficient (Wildman–Crippen LogP) is 3.98. The fourth-order valence-corrected chi connectivity index (χ4v) is 5.41. The fourth-order valence-electron chi connectivity index (χ4n) is 3.49. The summed E-state index contributed by atoms with van der Waals surface area (Å²) in [6.07, 6.45) is 0.758.